The van der Waals surface area contributed by atoms with Gasteiger partial charge in [-0.3, -0.25) is 20.2 Å². The van der Waals surface area contributed by atoms with Crippen molar-refractivity contribution in [2.45, 2.75) is 0 Å². The number of nitrogens with zero attached hydrogens (tertiary/aromatic N) is 3. The number of nitrogens with one attached hydrogen (secondary N) is 1. The summed E-state index contributed by atoms with van der Waals surface area (Å²) in [6, 6.07) is 12.5. The summed E-state index contributed by atoms with van der Waals surface area (Å²) < 4.78 is 19.1. The standard InChI is InChI=1S/C20H13FN4O5/c21-13-4-1-12(2-5-13)3-9-18(26)23-19-10-8-17(30-19)20-22-15-7-6-14(25(28)29)11-16(15)24(20)27/h1-11,27H,(H,23,26)/b9-3+. The van der Waals surface area contributed by atoms with Crippen LogP contribution in [0.2, 0.25) is 0 Å². The van der Waals surface area contributed by atoms with Gasteiger partial charge in [-0.25, -0.2) is 9.37 Å². The maximum atomic E-state index is 12.9. The van der Waals surface area contributed by atoms with E-state index in [9.17, 15) is 24.5 Å². The number of furan rings is 1. The van der Waals surface area contributed by atoms with Crippen LogP contribution >= 0.6 is 0 Å². The van der Waals surface area contributed by atoms with Crippen molar-refractivity contribution >= 4 is 34.6 Å². The Morgan fingerprint density at radius 3 is 2.70 bits per heavy atom. The number of rotatable bonds is 5. The van der Waals surface area contributed by atoms with E-state index in [1.165, 1.54) is 66.7 Å². The Kier molecular flexibility index (Phi) is 4.72. The highest BCUT2D eigenvalue weighted by Crippen LogP contribution is 2.28. The largest absolute Gasteiger partial charge is 0.437 e. The van der Waals surface area contributed by atoms with Gasteiger partial charge in [0.05, 0.1) is 10.4 Å². The van der Waals surface area contributed by atoms with E-state index in [1.54, 1.807) is 0 Å². The fraction of sp³-hybridized carbons (Fsp3) is 0. The molecule has 0 spiro atoms. The SMILES string of the molecule is O=C(/C=C/c1ccc(F)cc1)Nc1ccc(-c2nc3ccc([N+](=O)[O-])cc3n2O)o1. The van der Waals surface area contributed by atoms with Crippen LogP contribution in [0.15, 0.2) is 65.1 Å². The molecule has 9 nitrogen and oxygen atoms in total. The second kappa shape index (κ2) is 7.51. The Bertz CT molecular complexity index is 1290. The summed E-state index contributed by atoms with van der Waals surface area (Å²) in [6.45, 7) is 0. The molecular weight excluding hydrogens is 395 g/mol. The highest BCUT2D eigenvalue weighted by molar-refractivity contribution is 6.01. The molecule has 0 fully saturated rings. The molecule has 0 radical (unpaired) electrons. The molecule has 0 saturated heterocycles. The van der Waals surface area contributed by atoms with E-state index in [0.717, 1.165) is 0 Å². The maximum absolute atomic E-state index is 12.9. The van der Waals surface area contributed by atoms with E-state index >= 15 is 0 Å². The number of nitro groups is 1. The molecular formula is C20H13FN4O5. The summed E-state index contributed by atoms with van der Waals surface area (Å²) in [4.78, 5) is 26.6. The van der Waals surface area contributed by atoms with Gasteiger partial charge in [0.2, 0.25) is 11.7 Å². The quantitative estimate of drug-likeness (QED) is 0.220. The molecule has 2 aromatic carbocycles. The summed E-state index contributed by atoms with van der Waals surface area (Å²) in [5, 5.41) is 23.7. The molecule has 0 saturated carbocycles. The lowest BCUT2D eigenvalue weighted by Gasteiger charge is -1.99. The van der Waals surface area contributed by atoms with Crippen molar-refractivity contribution in [3.63, 3.8) is 0 Å². The predicted octanol–water partition coefficient (Wildman–Crippen LogP) is 4.23. The Balaban J connectivity index is 1.52. The second-order valence-corrected chi connectivity index (χ2v) is 6.22. The molecule has 0 aliphatic carbocycles. The maximum Gasteiger partial charge on any atom is 0.271 e. The number of non-ortho nitro benzene ring substituents is 1. The van der Waals surface area contributed by atoms with Crippen molar-refractivity contribution in [1.29, 1.82) is 0 Å². The summed E-state index contributed by atoms with van der Waals surface area (Å²) in [7, 11) is 0. The normalized spacial score (nSPS) is 11.2. The van der Waals surface area contributed by atoms with Crippen molar-refractivity contribution in [2.75, 3.05) is 5.32 Å². The molecule has 150 valence electrons. The zero-order valence-electron chi connectivity index (χ0n) is 15.2. The second-order valence-electron chi connectivity index (χ2n) is 6.22. The van der Waals surface area contributed by atoms with E-state index in [0.29, 0.717) is 15.8 Å². The number of benzene rings is 2. The van der Waals surface area contributed by atoms with Crippen LogP contribution < -0.4 is 5.32 Å². The van der Waals surface area contributed by atoms with Crippen LogP contribution in [0.3, 0.4) is 0 Å². The first-order chi connectivity index (χ1) is 14.4. The molecule has 1 amide bonds. The highest BCUT2D eigenvalue weighted by atomic mass is 19.1. The minimum atomic E-state index is -0.577. The van der Waals surface area contributed by atoms with Crippen LogP contribution in [0.4, 0.5) is 16.0 Å². The van der Waals surface area contributed by atoms with Gasteiger partial charge >= 0.3 is 0 Å². The van der Waals surface area contributed by atoms with Crippen molar-refractivity contribution in [3.05, 3.63) is 82.2 Å². The fourth-order valence-electron chi connectivity index (χ4n) is 2.76. The third kappa shape index (κ3) is 3.74. The molecule has 0 aliphatic heterocycles. The van der Waals surface area contributed by atoms with E-state index in [-0.39, 0.29) is 34.5 Å². The zero-order valence-corrected chi connectivity index (χ0v) is 15.2. The lowest BCUT2D eigenvalue weighted by Crippen LogP contribution is -2.06. The monoisotopic (exact) mass is 408 g/mol. The molecule has 0 unspecified atom stereocenters. The van der Waals surface area contributed by atoms with Crippen molar-refractivity contribution < 1.29 is 23.7 Å². The minimum absolute atomic E-state index is 0.0212. The third-order valence-electron chi connectivity index (χ3n) is 4.19. The highest BCUT2D eigenvalue weighted by Gasteiger charge is 2.18. The Morgan fingerprint density at radius 1 is 1.20 bits per heavy atom. The molecule has 2 N–H and O–H groups in total. The van der Waals surface area contributed by atoms with Gasteiger partial charge < -0.3 is 9.62 Å². The molecule has 4 rings (SSSR count). The van der Waals surface area contributed by atoms with Gasteiger partial charge in [-0.15, -0.1) is 0 Å². The smallest absolute Gasteiger partial charge is 0.271 e. The van der Waals surface area contributed by atoms with Crippen LogP contribution in [0, 0.1) is 15.9 Å². The van der Waals surface area contributed by atoms with Crippen LogP contribution in [0.5, 0.6) is 0 Å². The molecule has 2 heterocycles. The number of anilines is 1. The van der Waals surface area contributed by atoms with Gasteiger partial charge in [0.1, 0.15) is 11.3 Å². The van der Waals surface area contributed by atoms with Crippen LogP contribution in [0.25, 0.3) is 28.7 Å². The summed E-state index contributed by atoms with van der Waals surface area (Å²) >= 11 is 0. The van der Waals surface area contributed by atoms with Crippen LogP contribution in [-0.4, -0.2) is 25.8 Å². The van der Waals surface area contributed by atoms with Gasteiger partial charge in [-0.05, 0) is 35.9 Å². The average Bonchev–Trinajstić information content (AvgIpc) is 3.31. The Morgan fingerprint density at radius 2 is 1.97 bits per heavy atom. The van der Waals surface area contributed by atoms with E-state index < -0.39 is 10.8 Å². The lowest BCUT2D eigenvalue weighted by molar-refractivity contribution is -0.384. The third-order valence-corrected chi connectivity index (χ3v) is 4.19. The van der Waals surface area contributed by atoms with Crippen molar-refractivity contribution in [1.82, 2.24) is 9.71 Å². The van der Waals surface area contributed by atoms with Gasteiger partial charge in [0.15, 0.2) is 5.76 Å². The van der Waals surface area contributed by atoms with E-state index in [2.05, 4.69) is 10.3 Å². The summed E-state index contributed by atoms with van der Waals surface area (Å²) in [5.41, 5.74) is 0.935. The van der Waals surface area contributed by atoms with Gasteiger partial charge in [-0.2, -0.15) is 4.73 Å². The number of fused-ring (bicyclic) bond motifs is 1. The number of halogens is 1. The van der Waals surface area contributed by atoms with Crippen molar-refractivity contribution in [2.24, 2.45) is 0 Å². The lowest BCUT2D eigenvalue weighted by atomic mass is 10.2. The number of carbonyl (C=O) groups excluding carboxylic acids is 1. The topological polar surface area (TPSA) is 123 Å². The first-order valence-corrected chi connectivity index (χ1v) is 8.62. The average molecular weight is 408 g/mol. The molecule has 0 atom stereocenters. The fourth-order valence-corrected chi connectivity index (χ4v) is 2.76. The van der Waals surface area contributed by atoms with E-state index in [1.807, 2.05) is 0 Å². The summed E-state index contributed by atoms with van der Waals surface area (Å²) in [5.74, 6) is -0.573. The number of carbonyl (C=O) groups is 1. The van der Waals surface area contributed by atoms with E-state index in [4.69, 9.17) is 4.42 Å². The first kappa shape index (κ1) is 18.9. The number of amides is 1. The predicted molar refractivity (Wildman–Crippen MR) is 105 cm³/mol. The zero-order chi connectivity index (χ0) is 21.3. The number of hydrogen-bond donors (Lipinski definition) is 2. The Labute approximate surface area is 167 Å². The molecule has 2 aromatic heterocycles. The first-order valence-electron chi connectivity index (χ1n) is 8.62. The van der Waals surface area contributed by atoms with Gasteiger partial charge in [-0.1, -0.05) is 12.1 Å². The van der Waals surface area contributed by atoms with Gasteiger partial charge in [0.25, 0.3) is 11.6 Å². The Hall–Kier alpha value is -4.47. The minimum Gasteiger partial charge on any atom is -0.437 e. The molecule has 0 aliphatic rings. The molecule has 30 heavy (non-hydrogen) atoms. The molecule has 10 heteroatoms. The van der Waals surface area contributed by atoms with Crippen LogP contribution in [-0.2, 0) is 4.79 Å². The number of aromatic nitrogens is 2. The molecule has 0 bridgehead atoms. The summed E-state index contributed by atoms with van der Waals surface area (Å²) in [6.07, 6.45) is 2.77. The van der Waals surface area contributed by atoms with Crippen molar-refractivity contribution in [3.8, 4) is 11.6 Å². The number of imidazole rings is 1. The number of nitro benzene ring substituents is 1. The number of hydrogen-bond acceptors (Lipinski definition) is 6. The van der Waals surface area contributed by atoms with Crippen LogP contribution in [0.1, 0.15) is 5.56 Å². The van der Waals surface area contributed by atoms with Gasteiger partial charge in [0, 0.05) is 24.3 Å². The molecule has 4 aromatic rings.